The molecule has 0 spiro atoms. The second-order valence-corrected chi connectivity index (χ2v) is 12.0. The first-order valence-electron chi connectivity index (χ1n) is 4.53. The van der Waals surface area contributed by atoms with Crippen molar-refractivity contribution in [2.45, 2.75) is 44.7 Å². The Kier molecular flexibility index (Phi) is 5.30. The zero-order chi connectivity index (χ0) is 8.91. The Morgan fingerprint density at radius 1 is 1.27 bits per heavy atom. The van der Waals surface area contributed by atoms with E-state index in [9.17, 15) is 0 Å². The molecule has 0 radical (unpaired) electrons. The molecular weight excluding hydrogens is 168 g/mol. The summed E-state index contributed by atoms with van der Waals surface area (Å²) in [7, 11) is 0.334. The highest BCUT2D eigenvalue weighted by Gasteiger charge is 2.19. The van der Waals surface area contributed by atoms with Gasteiger partial charge in [0.2, 0.25) is 0 Å². The first kappa shape index (κ1) is 11.4. The lowest BCUT2D eigenvalue weighted by molar-refractivity contribution is 0.403. The fraction of sp³-hybridized carbons (Fsp3) is 1.00. The van der Waals surface area contributed by atoms with Crippen molar-refractivity contribution >= 4 is 17.1 Å². The van der Waals surface area contributed by atoms with Gasteiger partial charge in [0, 0.05) is 15.9 Å². The van der Waals surface area contributed by atoms with Crippen LogP contribution in [-0.4, -0.2) is 24.2 Å². The highest BCUT2D eigenvalue weighted by atomic mass is 28.4. The number of rotatable bonds is 5. The van der Waals surface area contributed by atoms with Crippen LogP contribution in [-0.2, 0) is 4.43 Å². The van der Waals surface area contributed by atoms with Gasteiger partial charge in [-0.15, -0.1) is 0 Å². The molecule has 0 aromatic carbocycles. The SMILES string of the molecule is CO[Si](C)(C)CCC[SiH](C)C. The van der Waals surface area contributed by atoms with Gasteiger partial charge in [0.1, 0.15) is 0 Å². The largest absolute Gasteiger partial charge is 0.420 e. The van der Waals surface area contributed by atoms with Crippen molar-refractivity contribution in [2.24, 2.45) is 0 Å². The molecule has 68 valence electrons. The predicted octanol–water partition coefficient (Wildman–Crippen LogP) is 2.71. The van der Waals surface area contributed by atoms with Crippen LogP contribution in [0.1, 0.15) is 6.42 Å². The van der Waals surface area contributed by atoms with Gasteiger partial charge >= 0.3 is 0 Å². The lowest BCUT2D eigenvalue weighted by Crippen LogP contribution is -2.28. The summed E-state index contributed by atoms with van der Waals surface area (Å²) in [4.78, 5) is 0. The van der Waals surface area contributed by atoms with E-state index in [0.29, 0.717) is 0 Å². The maximum Gasteiger partial charge on any atom is 0.186 e. The van der Waals surface area contributed by atoms with Gasteiger partial charge in [0.05, 0.1) is 0 Å². The van der Waals surface area contributed by atoms with Gasteiger partial charge < -0.3 is 4.43 Å². The molecule has 0 bridgehead atoms. The Morgan fingerprint density at radius 3 is 2.18 bits per heavy atom. The van der Waals surface area contributed by atoms with Crippen LogP contribution in [0.25, 0.3) is 0 Å². The molecule has 0 heterocycles. The van der Waals surface area contributed by atoms with Crippen LogP contribution in [0.5, 0.6) is 0 Å². The van der Waals surface area contributed by atoms with E-state index >= 15 is 0 Å². The molecule has 0 fully saturated rings. The van der Waals surface area contributed by atoms with Crippen molar-refractivity contribution in [1.29, 1.82) is 0 Å². The van der Waals surface area contributed by atoms with E-state index < -0.39 is 8.32 Å². The van der Waals surface area contributed by atoms with E-state index in [-0.39, 0.29) is 8.80 Å². The average molecular weight is 190 g/mol. The van der Waals surface area contributed by atoms with Crippen LogP contribution in [0, 0.1) is 0 Å². The highest BCUT2D eigenvalue weighted by Crippen LogP contribution is 2.15. The fourth-order valence-electron chi connectivity index (χ4n) is 1.04. The second kappa shape index (κ2) is 5.11. The van der Waals surface area contributed by atoms with Crippen molar-refractivity contribution < 1.29 is 4.43 Å². The summed E-state index contributed by atoms with van der Waals surface area (Å²) in [6.07, 6.45) is 1.40. The van der Waals surface area contributed by atoms with Crippen molar-refractivity contribution in [2.75, 3.05) is 7.11 Å². The Morgan fingerprint density at radius 2 is 1.82 bits per heavy atom. The van der Waals surface area contributed by atoms with Crippen LogP contribution < -0.4 is 0 Å². The summed E-state index contributed by atoms with van der Waals surface area (Å²) in [6, 6.07) is 2.83. The molecule has 0 saturated carbocycles. The molecule has 3 heteroatoms. The zero-order valence-electron chi connectivity index (χ0n) is 8.61. The Hall–Kier alpha value is 0.394. The molecule has 0 aliphatic carbocycles. The van der Waals surface area contributed by atoms with E-state index in [1.165, 1.54) is 18.5 Å². The monoisotopic (exact) mass is 190 g/mol. The third-order valence-corrected chi connectivity index (χ3v) is 6.34. The Labute approximate surface area is 73.9 Å². The lowest BCUT2D eigenvalue weighted by Gasteiger charge is -2.19. The second-order valence-electron chi connectivity index (χ2n) is 4.25. The summed E-state index contributed by atoms with van der Waals surface area (Å²) in [5.41, 5.74) is 0. The minimum atomic E-state index is -1.22. The van der Waals surface area contributed by atoms with Crippen LogP contribution in [0.15, 0.2) is 0 Å². The van der Waals surface area contributed by atoms with Crippen LogP contribution >= 0.6 is 0 Å². The number of hydrogen-bond acceptors (Lipinski definition) is 1. The van der Waals surface area contributed by atoms with E-state index in [1.54, 1.807) is 0 Å². The Balaban J connectivity index is 3.38. The van der Waals surface area contributed by atoms with E-state index in [2.05, 4.69) is 26.2 Å². The molecule has 0 aliphatic rings. The van der Waals surface area contributed by atoms with Crippen molar-refractivity contribution in [3.05, 3.63) is 0 Å². The van der Waals surface area contributed by atoms with Gasteiger partial charge in [-0.25, -0.2) is 0 Å². The minimum Gasteiger partial charge on any atom is -0.420 e. The van der Waals surface area contributed by atoms with E-state index in [0.717, 1.165) is 0 Å². The predicted molar refractivity (Wildman–Crippen MR) is 57.6 cm³/mol. The average Bonchev–Trinajstić information content (AvgIpc) is 1.87. The summed E-state index contributed by atoms with van der Waals surface area (Å²) in [6.45, 7) is 9.44. The molecular formula is C8H22OSi2. The third-order valence-electron chi connectivity index (χ3n) is 2.11. The molecule has 0 unspecified atom stereocenters. The van der Waals surface area contributed by atoms with Crippen LogP contribution in [0.4, 0.5) is 0 Å². The van der Waals surface area contributed by atoms with E-state index in [4.69, 9.17) is 4.43 Å². The highest BCUT2D eigenvalue weighted by molar-refractivity contribution is 6.71. The minimum absolute atomic E-state index is 0.304. The normalized spacial score (nSPS) is 12.5. The van der Waals surface area contributed by atoms with Crippen molar-refractivity contribution in [3.63, 3.8) is 0 Å². The molecule has 0 rings (SSSR count). The van der Waals surface area contributed by atoms with Gasteiger partial charge in [0.25, 0.3) is 0 Å². The van der Waals surface area contributed by atoms with Gasteiger partial charge in [-0.1, -0.05) is 25.6 Å². The quantitative estimate of drug-likeness (QED) is 0.606. The molecule has 11 heavy (non-hydrogen) atoms. The topological polar surface area (TPSA) is 9.23 Å². The van der Waals surface area contributed by atoms with Gasteiger partial charge in [-0.05, 0) is 19.1 Å². The standard InChI is InChI=1S/C8H22OSi2/c1-9-11(4,5)8-6-7-10(2)3/h10H,6-8H2,1-5H3. The molecule has 0 atom stereocenters. The van der Waals surface area contributed by atoms with Crippen molar-refractivity contribution in [3.8, 4) is 0 Å². The summed E-state index contributed by atoms with van der Waals surface area (Å²) in [5, 5.41) is 0. The van der Waals surface area contributed by atoms with Crippen LogP contribution in [0.2, 0.25) is 38.3 Å². The fourth-order valence-corrected chi connectivity index (χ4v) is 3.73. The maximum atomic E-state index is 5.47. The van der Waals surface area contributed by atoms with Gasteiger partial charge in [-0.3, -0.25) is 0 Å². The molecule has 0 aromatic heterocycles. The van der Waals surface area contributed by atoms with Crippen molar-refractivity contribution in [1.82, 2.24) is 0 Å². The van der Waals surface area contributed by atoms with Crippen LogP contribution in [0.3, 0.4) is 0 Å². The van der Waals surface area contributed by atoms with Gasteiger partial charge in [0.15, 0.2) is 8.32 Å². The zero-order valence-corrected chi connectivity index (χ0v) is 10.8. The maximum absolute atomic E-state index is 5.47. The lowest BCUT2D eigenvalue weighted by atomic mass is 10.6. The summed E-state index contributed by atoms with van der Waals surface area (Å²) >= 11 is 0. The molecule has 1 nitrogen and oxygen atoms in total. The molecule has 0 amide bonds. The Bertz CT molecular complexity index is 102. The van der Waals surface area contributed by atoms with Gasteiger partial charge in [-0.2, -0.15) is 0 Å². The summed E-state index contributed by atoms with van der Waals surface area (Å²) < 4.78 is 5.47. The molecule has 0 N–H and O–H groups in total. The summed E-state index contributed by atoms with van der Waals surface area (Å²) in [5.74, 6) is 0. The first-order valence-corrected chi connectivity index (χ1v) is 10.8. The molecule has 0 aromatic rings. The molecule has 0 saturated heterocycles. The first-order chi connectivity index (χ1) is 4.98. The smallest absolute Gasteiger partial charge is 0.186 e. The van der Waals surface area contributed by atoms with E-state index in [1.807, 2.05) is 7.11 Å². The third kappa shape index (κ3) is 6.78. The molecule has 0 aliphatic heterocycles. The number of hydrogen-bond donors (Lipinski definition) is 0.